The fourth-order valence-corrected chi connectivity index (χ4v) is 7.82. The second-order valence-electron chi connectivity index (χ2n) is 16.6. The summed E-state index contributed by atoms with van der Waals surface area (Å²) < 4.78 is 13.1. The van der Waals surface area contributed by atoms with Crippen LogP contribution in [0, 0.1) is 13.8 Å². The van der Waals surface area contributed by atoms with Crippen molar-refractivity contribution in [3.63, 3.8) is 0 Å². The largest absolute Gasteiger partial charge is 0.493 e. The van der Waals surface area contributed by atoms with Crippen LogP contribution in [0.2, 0.25) is 0 Å². The number of unbranched alkanes of at least 4 members (excludes halogenated alkanes) is 18. The summed E-state index contributed by atoms with van der Waals surface area (Å²) in [7, 11) is 0. The lowest BCUT2D eigenvalue weighted by atomic mass is 9.96. The van der Waals surface area contributed by atoms with Crippen LogP contribution in [0.15, 0.2) is 93.3 Å². The Kier molecular flexibility index (Phi) is 20.0. The Bertz CT molecular complexity index is 1730. The van der Waals surface area contributed by atoms with Gasteiger partial charge < -0.3 is 9.47 Å². The van der Waals surface area contributed by atoms with Crippen LogP contribution in [-0.2, 0) is 12.8 Å². The van der Waals surface area contributed by atoms with Crippen molar-refractivity contribution >= 4 is 22.7 Å². The summed E-state index contributed by atoms with van der Waals surface area (Å²) in [5.41, 5.74) is 10.3. The number of rotatable bonds is 24. The molecule has 58 heavy (non-hydrogen) atoms. The van der Waals surface area contributed by atoms with Gasteiger partial charge in [-0.05, 0) is 116 Å². The van der Waals surface area contributed by atoms with Gasteiger partial charge in [0.1, 0.15) is 11.5 Å². The Morgan fingerprint density at radius 3 is 1.02 bits per heavy atom. The highest BCUT2D eigenvalue weighted by atomic mass is 16.5. The molecule has 0 fully saturated rings. The monoisotopic (exact) mass is 785 g/mol. The summed E-state index contributed by atoms with van der Waals surface area (Å²) in [5.74, 6) is 1.78. The molecule has 0 unspecified atom stereocenters. The molecule has 1 aliphatic heterocycles. The first-order chi connectivity index (χ1) is 28.5. The minimum atomic E-state index is 0.622. The van der Waals surface area contributed by atoms with Gasteiger partial charge in [-0.3, -0.25) is 0 Å². The SMILES string of the molecule is CCCCCCCCCCCCOc1ccc2cc1Cc1cc(ccc1OCCCCCCCCCCCC)N=Nc1ccc(C)c(c1)Cc1cc(ccc1C)N=N2. The van der Waals surface area contributed by atoms with Gasteiger partial charge in [-0.1, -0.05) is 142 Å². The van der Waals surface area contributed by atoms with Crippen LogP contribution in [0.5, 0.6) is 11.5 Å². The lowest BCUT2D eigenvalue weighted by molar-refractivity contribution is 0.298. The number of ether oxygens (including phenoxy) is 2. The molecule has 1 aliphatic rings. The summed E-state index contributed by atoms with van der Waals surface area (Å²) in [6.07, 6.45) is 27.4. The second-order valence-corrected chi connectivity index (χ2v) is 16.6. The number of nitrogens with zero attached hydrogens (tertiary/aromatic N) is 4. The maximum absolute atomic E-state index is 6.54. The van der Waals surface area contributed by atoms with Gasteiger partial charge in [0, 0.05) is 17.5 Å². The van der Waals surface area contributed by atoms with Gasteiger partial charge in [-0.15, -0.1) is 0 Å². The fourth-order valence-electron chi connectivity index (χ4n) is 7.82. The third-order valence-electron chi connectivity index (χ3n) is 11.6. The molecule has 0 saturated heterocycles. The van der Waals surface area contributed by atoms with E-state index in [-0.39, 0.29) is 0 Å². The van der Waals surface area contributed by atoms with E-state index in [1.807, 2.05) is 24.3 Å². The Hall–Kier alpha value is -4.32. The number of fused-ring (bicyclic) bond motifs is 8. The molecule has 0 spiro atoms. The molecule has 4 aromatic carbocycles. The highest BCUT2D eigenvalue weighted by molar-refractivity contribution is 5.55. The molecule has 0 N–H and O–H groups in total. The minimum Gasteiger partial charge on any atom is -0.493 e. The van der Waals surface area contributed by atoms with Gasteiger partial charge >= 0.3 is 0 Å². The Labute approximate surface area is 351 Å². The first-order valence-electron chi connectivity index (χ1n) is 23.1. The lowest BCUT2D eigenvalue weighted by Gasteiger charge is -2.16. The normalized spacial score (nSPS) is 12.3. The molecular weight excluding hydrogens is 713 g/mol. The van der Waals surface area contributed by atoms with Crippen LogP contribution in [0.3, 0.4) is 0 Å². The second kappa shape index (κ2) is 25.9. The summed E-state index contributed by atoms with van der Waals surface area (Å²) in [5, 5.41) is 19.0. The molecule has 312 valence electrons. The van der Waals surface area contributed by atoms with Crippen molar-refractivity contribution in [3.8, 4) is 11.5 Å². The molecule has 0 aliphatic carbocycles. The molecule has 0 atom stereocenters. The molecule has 6 nitrogen and oxygen atoms in total. The molecule has 4 aromatic rings. The topological polar surface area (TPSA) is 67.9 Å². The summed E-state index contributed by atoms with van der Waals surface area (Å²) in [4.78, 5) is 0. The number of benzene rings is 4. The van der Waals surface area contributed by atoms with Gasteiger partial charge in [0.05, 0.1) is 36.0 Å². The maximum atomic E-state index is 6.54. The van der Waals surface area contributed by atoms with Crippen LogP contribution >= 0.6 is 0 Å². The highest BCUT2D eigenvalue weighted by Crippen LogP contribution is 2.35. The van der Waals surface area contributed by atoms with Crippen molar-refractivity contribution in [2.45, 2.75) is 169 Å². The fraction of sp³-hybridized carbons (Fsp3) is 0.538. The maximum Gasteiger partial charge on any atom is 0.122 e. The Balaban J connectivity index is 1.33. The van der Waals surface area contributed by atoms with Gasteiger partial charge in [0.25, 0.3) is 0 Å². The van der Waals surface area contributed by atoms with E-state index in [1.54, 1.807) is 0 Å². The molecule has 0 saturated carbocycles. The number of hydrogen-bond acceptors (Lipinski definition) is 6. The van der Waals surface area contributed by atoms with E-state index >= 15 is 0 Å². The van der Waals surface area contributed by atoms with Crippen molar-refractivity contribution in [3.05, 3.63) is 106 Å². The average Bonchev–Trinajstić information content (AvgIpc) is 3.23. The van der Waals surface area contributed by atoms with Crippen LogP contribution in [0.1, 0.15) is 176 Å². The highest BCUT2D eigenvalue weighted by Gasteiger charge is 2.14. The van der Waals surface area contributed by atoms with Crippen molar-refractivity contribution in [1.29, 1.82) is 0 Å². The van der Waals surface area contributed by atoms with Gasteiger partial charge in [0.2, 0.25) is 0 Å². The van der Waals surface area contributed by atoms with E-state index in [9.17, 15) is 0 Å². The Morgan fingerprint density at radius 2 is 0.655 bits per heavy atom. The molecule has 0 radical (unpaired) electrons. The van der Waals surface area contributed by atoms with E-state index in [1.165, 1.54) is 138 Å². The van der Waals surface area contributed by atoms with Gasteiger partial charge in [0.15, 0.2) is 0 Å². The van der Waals surface area contributed by atoms with Crippen molar-refractivity contribution in [2.24, 2.45) is 20.5 Å². The predicted molar refractivity (Wildman–Crippen MR) is 244 cm³/mol. The quantitative estimate of drug-likeness (QED) is 0.0585. The lowest BCUT2D eigenvalue weighted by Crippen LogP contribution is -2.03. The summed E-state index contributed by atoms with van der Waals surface area (Å²) in [6.45, 7) is 10.3. The van der Waals surface area contributed by atoms with Crippen molar-refractivity contribution in [2.75, 3.05) is 13.2 Å². The number of hydrogen-bond donors (Lipinski definition) is 0. The van der Waals surface area contributed by atoms with E-state index in [4.69, 9.17) is 29.9 Å². The minimum absolute atomic E-state index is 0.622. The summed E-state index contributed by atoms with van der Waals surface area (Å²) in [6, 6.07) is 25.1. The third-order valence-corrected chi connectivity index (χ3v) is 11.6. The first kappa shape index (κ1) is 44.8. The van der Waals surface area contributed by atoms with Crippen molar-refractivity contribution < 1.29 is 9.47 Å². The average molecular weight is 785 g/mol. The van der Waals surface area contributed by atoms with E-state index in [0.29, 0.717) is 19.6 Å². The third kappa shape index (κ3) is 15.8. The van der Waals surface area contributed by atoms with Crippen molar-refractivity contribution in [1.82, 2.24) is 0 Å². The zero-order chi connectivity index (χ0) is 40.6. The standard InChI is InChI=1S/C52H72N4O2/c1-5-7-9-11-13-15-17-19-21-23-33-57-51-31-29-49-39-45(51)36-46-40-50(30-32-52(46)58-34-24-22-20-18-16-14-12-10-8-6-2)56-54-48-28-26-42(4)44(38-48)35-43-37-47(53-55-49)27-25-41(43)3/h25-32,37-40H,5-24,33-36H2,1-4H3. The number of azo groups is 2. The molecule has 6 heteroatoms. The first-order valence-corrected chi connectivity index (χ1v) is 23.1. The molecule has 1 heterocycles. The molecule has 0 aromatic heterocycles. The Morgan fingerprint density at radius 1 is 0.362 bits per heavy atom. The van der Waals surface area contributed by atoms with Crippen LogP contribution in [0.25, 0.3) is 0 Å². The van der Waals surface area contributed by atoms with E-state index in [2.05, 4.69) is 76.2 Å². The molecular formula is C52H72N4O2. The van der Waals surface area contributed by atoms with Crippen LogP contribution < -0.4 is 9.47 Å². The predicted octanol–water partition coefficient (Wildman–Crippen LogP) is 17.2. The molecule has 0 amide bonds. The zero-order valence-electron chi connectivity index (χ0n) is 36.5. The summed E-state index contributed by atoms with van der Waals surface area (Å²) >= 11 is 0. The molecule has 8 bridgehead atoms. The van der Waals surface area contributed by atoms with Gasteiger partial charge in [-0.2, -0.15) is 20.5 Å². The van der Waals surface area contributed by atoms with Crippen LogP contribution in [0.4, 0.5) is 22.7 Å². The van der Waals surface area contributed by atoms with Gasteiger partial charge in [-0.25, -0.2) is 0 Å². The van der Waals surface area contributed by atoms with E-state index < -0.39 is 0 Å². The van der Waals surface area contributed by atoms with E-state index in [0.717, 1.165) is 64.6 Å². The zero-order valence-corrected chi connectivity index (χ0v) is 36.5. The van der Waals surface area contributed by atoms with Crippen LogP contribution in [-0.4, -0.2) is 13.2 Å². The molecule has 5 rings (SSSR count). The smallest absolute Gasteiger partial charge is 0.122 e. The number of aryl methyl sites for hydroxylation is 2.